The van der Waals surface area contributed by atoms with Gasteiger partial charge in [-0.05, 0) is 92.0 Å². The first-order chi connectivity index (χ1) is 32.0. The minimum atomic E-state index is -0.963. The van der Waals surface area contributed by atoms with Crippen molar-refractivity contribution in [2.24, 2.45) is 29.6 Å². The van der Waals surface area contributed by atoms with Gasteiger partial charge in [-0.25, -0.2) is 0 Å². The molecule has 1 aliphatic heterocycles. The van der Waals surface area contributed by atoms with Gasteiger partial charge in [0.1, 0.15) is 24.2 Å². The maximum atomic E-state index is 13.5. The minimum Gasteiger partial charge on any atom is -0.350 e. The number of amides is 6. The highest BCUT2D eigenvalue weighted by Gasteiger charge is 2.34. The van der Waals surface area contributed by atoms with Gasteiger partial charge in [0.2, 0.25) is 35.4 Å². The number of carbonyl (C=O) groups is 6. The SMILES string of the molecule is CC.CC(C)CC[C@H]1NC(=O)CNC(=O)C(C(C)C)NC(=O)CNC[C@H](C(C)C)NC(=O)C(C(C)C)NC(=O)C(C(C)C)NC1=O.CC(C)S.CCc1ccc2ccc3cccc4ccc1c2c34. The van der Waals surface area contributed by atoms with Gasteiger partial charge >= 0.3 is 0 Å². The van der Waals surface area contributed by atoms with Crippen molar-refractivity contribution in [1.29, 1.82) is 0 Å². The van der Waals surface area contributed by atoms with Crippen LogP contribution in [0.15, 0.2) is 54.6 Å². The molecule has 3 unspecified atom stereocenters. The molecular weight excluding hydrogens is 875 g/mol. The Morgan fingerprint density at radius 3 is 1.53 bits per heavy atom. The predicted molar refractivity (Wildman–Crippen MR) is 284 cm³/mol. The molecule has 68 heavy (non-hydrogen) atoms. The van der Waals surface area contributed by atoms with Crippen LogP contribution in [-0.4, -0.2) is 90.5 Å². The lowest BCUT2D eigenvalue weighted by Gasteiger charge is -2.30. The zero-order valence-corrected chi connectivity index (χ0v) is 44.6. The number of carbonyl (C=O) groups excluding carboxylic acids is 6. The lowest BCUT2D eigenvalue weighted by molar-refractivity contribution is -0.135. The Hall–Kier alpha value is -4.95. The highest BCUT2D eigenvalue weighted by molar-refractivity contribution is 7.80. The standard InChI is InChI=1S/C31H57N7O6.C18H14.C3H8S.C2H6/c1-16(2)11-12-21-28(41)37-27(20(9)10)31(44)38-26(19(7)8)30(43)35-22(17(3)4)13-32-14-23(39)36-25(18(5)6)29(42)33-15-24(40)34-21;1-2-12-6-7-15-9-8-13-4-3-5-14-10-11-16(12)18(15)17(13)14;1-3(2)4;1-2/h16-22,25-27,32H,11-15H2,1-10H3,(H,33,42)(H,34,40)(H,35,43)(H,36,39)(H,37,41)(H,38,44);3-11H,2H2,1H3;3-4H,1-2H3;1-2H3/t21-,22-,25?,26?,27?;;;/m1.../s1. The summed E-state index contributed by atoms with van der Waals surface area (Å²) in [6, 6.07) is 16.1. The predicted octanol–water partition coefficient (Wildman–Crippen LogP) is 7.69. The van der Waals surface area contributed by atoms with Crippen molar-refractivity contribution < 1.29 is 28.8 Å². The normalized spacial score (nSPS) is 20.6. The first-order valence-electron chi connectivity index (χ1n) is 24.9. The Labute approximate surface area is 412 Å². The number of thiol groups is 1. The van der Waals surface area contributed by atoms with Crippen molar-refractivity contribution in [3.8, 4) is 0 Å². The van der Waals surface area contributed by atoms with Crippen molar-refractivity contribution in [3.63, 3.8) is 0 Å². The number of hydrogen-bond acceptors (Lipinski definition) is 8. The summed E-state index contributed by atoms with van der Waals surface area (Å²) in [6.07, 6.45) is 2.04. The van der Waals surface area contributed by atoms with Crippen molar-refractivity contribution in [2.75, 3.05) is 19.6 Å². The molecule has 5 rings (SSSR count). The molecule has 4 aromatic carbocycles. The molecule has 1 heterocycles. The molecule has 0 aromatic heterocycles. The minimum absolute atomic E-state index is 0.00401. The second-order valence-corrected chi connectivity index (χ2v) is 20.6. The van der Waals surface area contributed by atoms with Crippen molar-refractivity contribution >= 4 is 80.4 Å². The molecule has 0 saturated carbocycles. The van der Waals surface area contributed by atoms with E-state index in [1.807, 2.05) is 69.2 Å². The third kappa shape index (κ3) is 18.2. The van der Waals surface area contributed by atoms with Gasteiger partial charge < -0.3 is 37.2 Å². The molecule has 4 aromatic rings. The topological polar surface area (TPSA) is 187 Å². The van der Waals surface area contributed by atoms with E-state index in [0.29, 0.717) is 18.1 Å². The molecular formula is C54H85N7O6S. The molecule has 7 N–H and O–H groups in total. The van der Waals surface area contributed by atoms with E-state index < -0.39 is 60.2 Å². The first-order valence-corrected chi connectivity index (χ1v) is 25.4. The van der Waals surface area contributed by atoms with E-state index >= 15 is 0 Å². The van der Waals surface area contributed by atoms with Crippen LogP contribution in [0.1, 0.15) is 122 Å². The van der Waals surface area contributed by atoms with E-state index in [1.165, 1.54) is 37.9 Å². The zero-order chi connectivity index (χ0) is 51.4. The van der Waals surface area contributed by atoms with Crippen LogP contribution in [0.25, 0.3) is 32.3 Å². The molecule has 378 valence electrons. The summed E-state index contributed by atoms with van der Waals surface area (Å²) >= 11 is 3.97. The second-order valence-electron chi connectivity index (χ2n) is 19.6. The first kappa shape index (κ1) is 59.2. The highest BCUT2D eigenvalue weighted by Crippen LogP contribution is 2.36. The van der Waals surface area contributed by atoms with Gasteiger partial charge in [-0.2, -0.15) is 12.6 Å². The summed E-state index contributed by atoms with van der Waals surface area (Å²) < 4.78 is 0. The van der Waals surface area contributed by atoms with Crippen molar-refractivity contribution in [2.45, 2.75) is 159 Å². The largest absolute Gasteiger partial charge is 0.350 e. The lowest BCUT2D eigenvalue weighted by atomic mass is 9.91. The van der Waals surface area contributed by atoms with Gasteiger partial charge in [0.05, 0.1) is 13.1 Å². The molecule has 14 heteroatoms. The molecule has 1 aliphatic rings. The third-order valence-corrected chi connectivity index (χ3v) is 11.6. The average molecular weight is 960 g/mol. The molecule has 5 atom stereocenters. The summed E-state index contributed by atoms with van der Waals surface area (Å²) in [5.74, 6) is -3.53. The summed E-state index contributed by atoms with van der Waals surface area (Å²) in [6.45, 7) is 28.7. The smallest absolute Gasteiger partial charge is 0.243 e. The number of aryl methyl sites for hydroxylation is 1. The number of rotatable bonds is 8. The summed E-state index contributed by atoms with van der Waals surface area (Å²) in [7, 11) is 0. The average Bonchev–Trinajstić information content (AvgIpc) is 3.28. The Morgan fingerprint density at radius 1 is 0.544 bits per heavy atom. The fraction of sp³-hybridized carbons (Fsp3) is 0.593. The molecule has 13 nitrogen and oxygen atoms in total. The van der Waals surface area contributed by atoms with E-state index in [4.69, 9.17) is 0 Å². The Kier molecular flexibility index (Phi) is 25.4. The van der Waals surface area contributed by atoms with Crippen LogP contribution in [0.5, 0.6) is 0 Å². The van der Waals surface area contributed by atoms with Crippen LogP contribution >= 0.6 is 12.6 Å². The molecule has 6 amide bonds. The van der Waals surface area contributed by atoms with Crippen molar-refractivity contribution in [3.05, 3.63) is 60.2 Å². The molecule has 0 radical (unpaired) electrons. The van der Waals surface area contributed by atoms with E-state index in [9.17, 15) is 28.8 Å². The monoisotopic (exact) mass is 960 g/mol. The number of hydrogen-bond donors (Lipinski definition) is 8. The van der Waals surface area contributed by atoms with Gasteiger partial charge in [-0.15, -0.1) is 0 Å². The fourth-order valence-corrected chi connectivity index (χ4v) is 7.79. The maximum absolute atomic E-state index is 13.5. The quantitative estimate of drug-likeness (QED) is 0.0657. The number of benzene rings is 4. The summed E-state index contributed by atoms with van der Waals surface area (Å²) in [5.41, 5.74) is 1.45. The van der Waals surface area contributed by atoms with E-state index in [1.54, 1.807) is 27.7 Å². The fourth-order valence-electron chi connectivity index (χ4n) is 7.79. The second kappa shape index (κ2) is 29.2. The molecule has 1 fully saturated rings. The van der Waals surface area contributed by atoms with Gasteiger partial charge in [0, 0.05) is 12.6 Å². The summed E-state index contributed by atoms with van der Waals surface area (Å²) in [4.78, 5) is 78.9. The van der Waals surface area contributed by atoms with E-state index in [0.717, 1.165) is 6.42 Å². The molecule has 0 spiro atoms. The zero-order valence-electron chi connectivity index (χ0n) is 43.7. The van der Waals surface area contributed by atoms with Crippen LogP contribution in [0, 0.1) is 29.6 Å². The van der Waals surface area contributed by atoms with E-state index in [2.05, 4.69) is 111 Å². The van der Waals surface area contributed by atoms with Gasteiger partial charge in [-0.3, -0.25) is 28.8 Å². The Morgan fingerprint density at radius 2 is 1.01 bits per heavy atom. The van der Waals surface area contributed by atoms with E-state index in [-0.39, 0.29) is 54.6 Å². The molecule has 0 bridgehead atoms. The lowest BCUT2D eigenvalue weighted by Crippen LogP contribution is -2.60. The van der Waals surface area contributed by atoms with Crippen LogP contribution in [0.3, 0.4) is 0 Å². The van der Waals surface area contributed by atoms with Crippen LogP contribution < -0.4 is 37.2 Å². The Balaban J connectivity index is 0.000000533. The van der Waals surface area contributed by atoms with Crippen molar-refractivity contribution in [1.82, 2.24) is 37.2 Å². The maximum Gasteiger partial charge on any atom is 0.243 e. The molecule has 0 aliphatic carbocycles. The highest BCUT2D eigenvalue weighted by atomic mass is 32.1. The van der Waals surface area contributed by atoms with Gasteiger partial charge in [0.25, 0.3) is 0 Å². The van der Waals surface area contributed by atoms with Crippen LogP contribution in [-0.2, 0) is 35.2 Å². The van der Waals surface area contributed by atoms with Gasteiger partial charge in [-0.1, -0.05) is 158 Å². The third-order valence-electron chi connectivity index (χ3n) is 11.6. The van der Waals surface area contributed by atoms with Gasteiger partial charge in [0.15, 0.2) is 0 Å². The van der Waals surface area contributed by atoms with Crippen LogP contribution in [0.4, 0.5) is 0 Å². The Bertz CT molecular complexity index is 2210. The number of nitrogens with one attached hydrogen (secondary N) is 7. The summed E-state index contributed by atoms with van der Waals surface area (Å²) in [5, 5.41) is 28.5. The van der Waals surface area contributed by atoms with Crippen LogP contribution in [0.2, 0.25) is 0 Å². The molecule has 1 saturated heterocycles.